The molecule has 1 aromatic rings. The van der Waals surface area contributed by atoms with Crippen molar-refractivity contribution in [2.24, 2.45) is 0 Å². The standard InChI is InChI=1S/C16H22O2/c1-3-4-5-6-10-13-15(17)16(18-2)14-11-8-7-9-12-14/h3,7-9,11-12,16H,1,4-6,10,13H2,2H3. The molecule has 0 aliphatic carbocycles. The van der Waals surface area contributed by atoms with Crippen molar-refractivity contribution in [3.63, 3.8) is 0 Å². The minimum Gasteiger partial charge on any atom is -0.369 e. The van der Waals surface area contributed by atoms with Crippen molar-refractivity contribution < 1.29 is 9.53 Å². The molecule has 0 heterocycles. The number of carbonyl (C=O) groups is 1. The van der Waals surface area contributed by atoms with Gasteiger partial charge in [0.05, 0.1) is 0 Å². The molecular weight excluding hydrogens is 224 g/mol. The molecule has 0 spiro atoms. The molecule has 0 saturated carbocycles. The van der Waals surface area contributed by atoms with Crippen LogP contribution >= 0.6 is 0 Å². The zero-order chi connectivity index (χ0) is 13.2. The number of hydrogen-bond donors (Lipinski definition) is 0. The quantitative estimate of drug-likeness (QED) is 0.485. The number of allylic oxidation sites excluding steroid dienone is 1. The lowest BCUT2D eigenvalue weighted by Gasteiger charge is -2.14. The molecule has 1 unspecified atom stereocenters. The van der Waals surface area contributed by atoms with Gasteiger partial charge >= 0.3 is 0 Å². The fourth-order valence-electron chi connectivity index (χ4n) is 1.98. The zero-order valence-electron chi connectivity index (χ0n) is 11.1. The lowest BCUT2D eigenvalue weighted by atomic mass is 10.0. The Balaban J connectivity index is 2.41. The highest BCUT2D eigenvalue weighted by Crippen LogP contribution is 2.20. The molecule has 0 saturated heterocycles. The van der Waals surface area contributed by atoms with Gasteiger partial charge in [-0.1, -0.05) is 42.8 Å². The maximum atomic E-state index is 12.1. The number of ether oxygens (including phenoxy) is 1. The second kappa shape index (κ2) is 8.65. The fraction of sp³-hybridized carbons (Fsp3) is 0.438. The predicted molar refractivity (Wildman–Crippen MR) is 74.5 cm³/mol. The minimum absolute atomic E-state index is 0.169. The van der Waals surface area contributed by atoms with E-state index < -0.39 is 6.10 Å². The molecule has 0 aliphatic rings. The second-order valence-electron chi connectivity index (χ2n) is 4.38. The first-order valence-electron chi connectivity index (χ1n) is 6.51. The summed E-state index contributed by atoms with van der Waals surface area (Å²) in [7, 11) is 1.59. The largest absolute Gasteiger partial charge is 0.369 e. The van der Waals surface area contributed by atoms with Gasteiger partial charge in [0.15, 0.2) is 5.78 Å². The average molecular weight is 246 g/mol. The van der Waals surface area contributed by atoms with Gasteiger partial charge in [-0.3, -0.25) is 4.79 Å². The van der Waals surface area contributed by atoms with Gasteiger partial charge in [0.25, 0.3) is 0 Å². The van der Waals surface area contributed by atoms with Gasteiger partial charge in [0.2, 0.25) is 0 Å². The van der Waals surface area contributed by atoms with E-state index in [0.29, 0.717) is 6.42 Å². The number of unbranched alkanes of at least 4 members (excludes halogenated alkanes) is 3. The van der Waals surface area contributed by atoms with E-state index in [-0.39, 0.29) is 5.78 Å². The number of ketones is 1. The van der Waals surface area contributed by atoms with Crippen LogP contribution in [-0.2, 0) is 9.53 Å². The summed E-state index contributed by atoms with van der Waals surface area (Å²) >= 11 is 0. The Bertz CT molecular complexity index is 357. The Morgan fingerprint density at radius 3 is 2.61 bits per heavy atom. The van der Waals surface area contributed by atoms with Gasteiger partial charge in [0, 0.05) is 13.5 Å². The Hall–Kier alpha value is -1.41. The van der Waals surface area contributed by atoms with Crippen LogP contribution < -0.4 is 0 Å². The number of carbonyl (C=O) groups excluding carboxylic acids is 1. The fourth-order valence-corrected chi connectivity index (χ4v) is 1.98. The summed E-state index contributed by atoms with van der Waals surface area (Å²) < 4.78 is 5.31. The summed E-state index contributed by atoms with van der Waals surface area (Å²) in [6.45, 7) is 3.69. The third kappa shape index (κ3) is 4.84. The van der Waals surface area contributed by atoms with Gasteiger partial charge in [-0.15, -0.1) is 6.58 Å². The van der Waals surface area contributed by atoms with Crippen LogP contribution in [0.3, 0.4) is 0 Å². The van der Waals surface area contributed by atoms with Crippen molar-refractivity contribution >= 4 is 5.78 Å². The molecule has 2 nitrogen and oxygen atoms in total. The van der Waals surface area contributed by atoms with Crippen LogP contribution in [0.2, 0.25) is 0 Å². The van der Waals surface area contributed by atoms with E-state index in [4.69, 9.17) is 4.74 Å². The van der Waals surface area contributed by atoms with Crippen LogP contribution in [0.5, 0.6) is 0 Å². The maximum absolute atomic E-state index is 12.1. The average Bonchev–Trinajstić information content (AvgIpc) is 2.40. The van der Waals surface area contributed by atoms with Crippen molar-refractivity contribution in [1.29, 1.82) is 0 Å². The van der Waals surface area contributed by atoms with E-state index in [2.05, 4.69) is 6.58 Å². The van der Waals surface area contributed by atoms with Crippen molar-refractivity contribution in [3.8, 4) is 0 Å². The number of Topliss-reactive ketones (excluding diaryl/α,β-unsaturated/α-hetero) is 1. The minimum atomic E-state index is -0.411. The molecule has 0 N–H and O–H groups in total. The summed E-state index contributed by atoms with van der Waals surface area (Å²) in [5, 5.41) is 0. The number of benzene rings is 1. The molecule has 0 amide bonds. The third-order valence-electron chi connectivity index (χ3n) is 2.96. The molecule has 2 heteroatoms. The van der Waals surface area contributed by atoms with Crippen LogP contribution in [0.4, 0.5) is 0 Å². The molecule has 1 rings (SSSR count). The second-order valence-corrected chi connectivity index (χ2v) is 4.38. The highest BCUT2D eigenvalue weighted by molar-refractivity contribution is 5.84. The van der Waals surface area contributed by atoms with Crippen LogP contribution in [0.1, 0.15) is 43.8 Å². The van der Waals surface area contributed by atoms with Gasteiger partial charge in [-0.25, -0.2) is 0 Å². The molecule has 0 fully saturated rings. The van der Waals surface area contributed by atoms with E-state index in [0.717, 1.165) is 31.2 Å². The molecule has 0 aromatic heterocycles. The van der Waals surface area contributed by atoms with Crippen molar-refractivity contribution in [1.82, 2.24) is 0 Å². The highest BCUT2D eigenvalue weighted by Gasteiger charge is 2.18. The normalized spacial score (nSPS) is 12.1. The molecule has 1 atom stereocenters. The van der Waals surface area contributed by atoms with Gasteiger partial charge in [-0.2, -0.15) is 0 Å². The Labute approximate surface area is 110 Å². The van der Waals surface area contributed by atoms with Crippen molar-refractivity contribution in [2.45, 2.75) is 38.2 Å². The van der Waals surface area contributed by atoms with Crippen molar-refractivity contribution in [2.75, 3.05) is 7.11 Å². The molecule has 0 radical (unpaired) electrons. The Kier molecular flexibility index (Phi) is 7.04. The SMILES string of the molecule is C=CCCCCCC(=O)C(OC)c1ccccc1. The number of hydrogen-bond acceptors (Lipinski definition) is 2. The first-order valence-corrected chi connectivity index (χ1v) is 6.51. The molecule has 0 bridgehead atoms. The van der Waals surface area contributed by atoms with E-state index in [9.17, 15) is 4.79 Å². The van der Waals surface area contributed by atoms with Crippen LogP contribution in [-0.4, -0.2) is 12.9 Å². The Morgan fingerprint density at radius 1 is 1.28 bits per heavy atom. The molecule has 0 aliphatic heterocycles. The Morgan fingerprint density at radius 2 is 2.00 bits per heavy atom. The molecular formula is C16H22O2. The first kappa shape index (κ1) is 14.7. The van der Waals surface area contributed by atoms with Crippen LogP contribution in [0, 0.1) is 0 Å². The van der Waals surface area contributed by atoms with E-state index in [1.54, 1.807) is 7.11 Å². The first-order chi connectivity index (χ1) is 8.79. The monoisotopic (exact) mass is 246 g/mol. The summed E-state index contributed by atoms with van der Waals surface area (Å²) in [6, 6.07) is 9.67. The lowest BCUT2D eigenvalue weighted by Crippen LogP contribution is -2.14. The van der Waals surface area contributed by atoms with Crippen molar-refractivity contribution in [3.05, 3.63) is 48.6 Å². The molecule has 98 valence electrons. The van der Waals surface area contributed by atoms with Gasteiger partial charge in [-0.05, 0) is 24.8 Å². The zero-order valence-corrected chi connectivity index (χ0v) is 11.1. The summed E-state index contributed by atoms with van der Waals surface area (Å²) in [6.07, 6.45) is 6.24. The van der Waals surface area contributed by atoms with E-state index >= 15 is 0 Å². The summed E-state index contributed by atoms with van der Waals surface area (Å²) in [4.78, 5) is 12.1. The van der Waals surface area contributed by atoms with E-state index in [1.807, 2.05) is 36.4 Å². The summed E-state index contributed by atoms with van der Waals surface area (Å²) in [5.41, 5.74) is 0.941. The smallest absolute Gasteiger partial charge is 0.166 e. The lowest BCUT2D eigenvalue weighted by molar-refractivity contribution is -0.129. The van der Waals surface area contributed by atoms with Gasteiger partial charge < -0.3 is 4.74 Å². The van der Waals surface area contributed by atoms with Crippen LogP contribution in [0.25, 0.3) is 0 Å². The number of methoxy groups -OCH3 is 1. The molecule has 1 aromatic carbocycles. The van der Waals surface area contributed by atoms with Crippen LogP contribution in [0.15, 0.2) is 43.0 Å². The third-order valence-corrected chi connectivity index (χ3v) is 2.96. The summed E-state index contributed by atoms with van der Waals surface area (Å²) in [5.74, 6) is 0.169. The molecule has 18 heavy (non-hydrogen) atoms. The maximum Gasteiger partial charge on any atom is 0.166 e. The highest BCUT2D eigenvalue weighted by atomic mass is 16.5. The topological polar surface area (TPSA) is 26.3 Å². The van der Waals surface area contributed by atoms with E-state index in [1.165, 1.54) is 0 Å². The predicted octanol–water partition coefficient (Wildman–Crippen LogP) is 4.08. The number of rotatable bonds is 9. The van der Waals surface area contributed by atoms with Gasteiger partial charge in [0.1, 0.15) is 6.10 Å².